The van der Waals surface area contributed by atoms with Crippen LogP contribution in [0.15, 0.2) is 30.3 Å². The minimum absolute atomic E-state index is 0.0634. The Morgan fingerprint density at radius 3 is 2.75 bits per heavy atom. The number of thiophene rings is 1. The van der Waals surface area contributed by atoms with Crippen molar-refractivity contribution in [1.82, 2.24) is 10.2 Å². The highest BCUT2D eigenvalue weighted by molar-refractivity contribution is 7.12. The zero-order valence-electron chi connectivity index (χ0n) is 18.5. The van der Waals surface area contributed by atoms with Crippen LogP contribution in [0.3, 0.4) is 0 Å². The summed E-state index contributed by atoms with van der Waals surface area (Å²) in [4.78, 5) is 30.0. The van der Waals surface area contributed by atoms with Crippen LogP contribution in [0.5, 0.6) is 5.75 Å². The molecule has 2 amide bonds. The SMILES string of the molecule is COc1cccc([C@@H]2c3cc(C)sc3CCN2C(=O)C(C)CNC(=O)C2CC(F)(F)C2)c1. The van der Waals surface area contributed by atoms with E-state index in [0.29, 0.717) is 6.54 Å². The third-order valence-corrected chi connectivity index (χ3v) is 7.43. The fraction of sp³-hybridized carbons (Fsp3) is 0.500. The van der Waals surface area contributed by atoms with Crippen molar-refractivity contribution in [2.45, 2.75) is 45.1 Å². The molecule has 0 radical (unpaired) electrons. The maximum Gasteiger partial charge on any atom is 0.249 e. The molecule has 2 heterocycles. The Morgan fingerprint density at radius 2 is 2.06 bits per heavy atom. The molecule has 1 aliphatic heterocycles. The first kappa shape index (κ1) is 22.7. The maximum atomic E-state index is 13.4. The number of rotatable bonds is 6. The number of halogens is 2. The van der Waals surface area contributed by atoms with Crippen LogP contribution in [0.1, 0.15) is 46.7 Å². The Balaban J connectivity index is 1.51. The summed E-state index contributed by atoms with van der Waals surface area (Å²) >= 11 is 1.76. The molecule has 1 saturated carbocycles. The summed E-state index contributed by atoms with van der Waals surface area (Å²) in [6.07, 6.45) is -0.0345. The van der Waals surface area contributed by atoms with Crippen LogP contribution >= 0.6 is 11.3 Å². The number of hydrogen-bond acceptors (Lipinski definition) is 4. The zero-order valence-corrected chi connectivity index (χ0v) is 19.3. The molecule has 8 heteroatoms. The number of ether oxygens (including phenoxy) is 1. The second-order valence-corrected chi connectivity index (χ2v) is 10.1. The molecule has 32 heavy (non-hydrogen) atoms. The molecule has 0 saturated heterocycles. The molecule has 1 aromatic carbocycles. The van der Waals surface area contributed by atoms with Gasteiger partial charge < -0.3 is 15.0 Å². The molecule has 2 aliphatic rings. The maximum absolute atomic E-state index is 13.4. The number of nitrogens with zero attached hydrogens (tertiary/aromatic N) is 1. The molecule has 0 bridgehead atoms. The number of alkyl halides is 2. The van der Waals surface area contributed by atoms with Gasteiger partial charge >= 0.3 is 0 Å². The largest absolute Gasteiger partial charge is 0.497 e. The molecule has 1 fully saturated rings. The van der Waals surface area contributed by atoms with Crippen molar-refractivity contribution in [2.75, 3.05) is 20.2 Å². The molecule has 172 valence electrons. The number of carbonyl (C=O) groups is 2. The van der Waals surface area contributed by atoms with Gasteiger partial charge in [-0.3, -0.25) is 9.59 Å². The fourth-order valence-corrected chi connectivity index (χ4v) is 5.61. The summed E-state index contributed by atoms with van der Waals surface area (Å²) in [6.45, 7) is 4.56. The molecule has 2 aromatic rings. The van der Waals surface area contributed by atoms with Crippen LogP contribution < -0.4 is 10.1 Å². The first-order chi connectivity index (χ1) is 15.2. The van der Waals surface area contributed by atoms with Crippen LogP contribution in [-0.2, 0) is 16.0 Å². The van der Waals surface area contributed by atoms with E-state index in [9.17, 15) is 18.4 Å². The predicted octanol–water partition coefficient (Wildman–Crippen LogP) is 4.34. The molecule has 0 spiro atoms. The summed E-state index contributed by atoms with van der Waals surface area (Å²) in [5.41, 5.74) is 2.11. The zero-order chi connectivity index (χ0) is 23.0. The molecule has 1 aliphatic carbocycles. The second-order valence-electron chi connectivity index (χ2n) is 8.80. The monoisotopic (exact) mass is 462 g/mol. The van der Waals surface area contributed by atoms with E-state index in [2.05, 4.69) is 18.3 Å². The second kappa shape index (κ2) is 8.81. The van der Waals surface area contributed by atoms with Gasteiger partial charge in [-0.1, -0.05) is 19.1 Å². The quantitative estimate of drug-likeness (QED) is 0.695. The van der Waals surface area contributed by atoms with Gasteiger partial charge in [0.25, 0.3) is 0 Å². The van der Waals surface area contributed by atoms with Crippen molar-refractivity contribution < 1.29 is 23.1 Å². The molecule has 5 nitrogen and oxygen atoms in total. The van der Waals surface area contributed by atoms with Gasteiger partial charge in [0.2, 0.25) is 17.7 Å². The number of aryl methyl sites for hydroxylation is 1. The van der Waals surface area contributed by atoms with Gasteiger partial charge in [0.15, 0.2) is 0 Å². The van der Waals surface area contributed by atoms with Gasteiger partial charge in [-0.25, -0.2) is 8.78 Å². The van der Waals surface area contributed by atoms with E-state index >= 15 is 0 Å². The first-order valence-electron chi connectivity index (χ1n) is 10.9. The molecule has 1 unspecified atom stereocenters. The summed E-state index contributed by atoms with van der Waals surface area (Å²) in [6, 6.07) is 9.67. The van der Waals surface area contributed by atoms with E-state index < -0.39 is 36.5 Å². The predicted molar refractivity (Wildman–Crippen MR) is 119 cm³/mol. The number of amides is 2. The lowest BCUT2D eigenvalue weighted by molar-refractivity contribution is -0.150. The molecule has 1 aromatic heterocycles. The average Bonchev–Trinajstić information content (AvgIpc) is 3.14. The van der Waals surface area contributed by atoms with Crippen molar-refractivity contribution in [3.8, 4) is 5.75 Å². The molecule has 2 atom stereocenters. The Morgan fingerprint density at radius 1 is 1.31 bits per heavy atom. The number of carbonyl (C=O) groups excluding carboxylic acids is 2. The number of benzene rings is 1. The van der Waals surface area contributed by atoms with Crippen molar-refractivity contribution in [3.63, 3.8) is 0 Å². The van der Waals surface area contributed by atoms with Gasteiger partial charge in [0.1, 0.15) is 5.75 Å². The van der Waals surface area contributed by atoms with Crippen molar-refractivity contribution in [1.29, 1.82) is 0 Å². The van der Waals surface area contributed by atoms with Crippen LogP contribution in [-0.4, -0.2) is 42.8 Å². The average molecular weight is 463 g/mol. The summed E-state index contributed by atoms with van der Waals surface area (Å²) < 4.78 is 31.5. The first-order valence-corrected chi connectivity index (χ1v) is 11.7. The molecule has 1 N–H and O–H groups in total. The van der Waals surface area contributed by atoms with E-state index in [1.807, 2.05) is 29.2 Å². The lowest BCUT2D eigenvalue weighted by atomic mass is 9.80. The van der Waals surface area contributed by atoms with Gasteiger partial charge in [0.05, 0.1) is 19.1 Å². The van der Waals surface area contributed by atoms with Crippen LogP contribution in [0.25, 0.3) is 0 Å². The van der Waals surface area contributed by atoms with Crippen molar-refractivity contribution in [2.24, 2.45) is 11.8 Å². The Labute approximate surface area is 190 Å². The van der Waals surface area contributed by atoms with Crippen LogP contribution in [0, 0.1) is 18.8 Å². The van der Waals surface area contributed by atoms with E-state index in [4.69, 9.17) is 4.74 Å². The summed E-state index contributed by atoms with van der Waals surface area (Å²) in [5, 5.41) is 2.70. The molecular weight excluding hydrogens is 434 g/mol. The highest BCUT2D eigenvalue weighted by atomic mass is 32.1. The molecular formula is C24H28F2N2O3S. The smallest absolute Gasteiger partial charge is 0.249 e. The van der Waals surface area contributed by atoms with Gasteiger partial charge in [-0.15, -0.1) is 11.3 Å². The Bertz CT molecular complexity index is 1010. The van der Waals surface area contributed by atoms with E-state index in [-0.39, 0.29) is 18.5 Å². The highest BCUT2D eigenvalue weighted by Gasteiger charge is 2.48. The Kier molecular flexibility index (Phi) is 6.25. The van der Waals surface area contributed by atoms with E-state index in [0.717, 1.165) is 23.3 Å². The van der Waals surface area contributed by atoms with Gasteiger partial charge in [0, 0.05) is 41.6 Å². The number of nitrogens with one attached hydrogen (secondary N) is 1. The minimum Gasteiger partial charge on any atom is -0.497 e. The lowest BCUT2D eigenvalue weighted by Crippen LogP contribution is -2.48. The van der Waals surface area contributed by atoms with Crippen molar-refractivity contribution in [3.05, 3.63) is 51.2 Å². The fourth-order valence-electron chi connectivity index (χ4n) is 4.55. The third-order valence-electron chi connectivity index (χ3n) is 6.31. The topological polar surface area (TPSA) is 58.6 Å². The van der Waals surface area contributed by atoms with E-state index in [1.54, 1.807) is 25.4 Å². The third kappa shape index (κ3) is 4.51. The molecule has 4 rings (SSSR count). The van der Waals surface area contributed by atoms with Crippen LogP contribution in [0.4, 0.5) is 8.78 Å². The minimum atomic E-state index is -2.74. The summed E-state index contributed by atoms with van der Waals surface area (Å²) in [7, 11) is 1.62. The van der Waals surface area contributed by atoms with Gasteiger partial charge in [-0.2, -0.15) is 0 Å². The number of fused-ring (bicyclic) bond motifs is 1. The van der Waals surface area contributed by atoms with Crippen LogP contribution in [0.2, 0.25) is 0 Å². The van der Waals surface area contributed by atoms with Crippen molar-refractivity contribution >= 4 is 23.2 Å². The normalized spacial score (nSPS) is 20.8. The summed E-state index contributed by atoms with van der Waals surface area (Å²) in [5.74, 6) is -3.60. The lowest BCUT2D eigenvalue weighted by Gasteiger charge is -2.38. The Hall–Kier alpha value is -2.48. The van der Waals surface area contributed by atoms with E-state index in [1.165, 1.54) is 9.75 Å². The van der Waals surface area contributed by atoms with Gasteiger partial charge in [-0.05, 0) is 42.7 Å². The number of methoxy groups -OCH3 is 1. The standard InChI is InChI=1S/C24H28F2N2O3S/c1-14(13-27-22(29)17-11-24(25,26)12-17)23(30)28-8-7-20-19(9-15(2)32-20)21(28)16-5-4-6-18(10-16)31-3/h4-6,9-10,14,17,21H,7-8,11-13H2,1-3H3,(H,27,29)/t14?,21-/m1/s1. The number of hydrogen-bond donors (Lipinski definition) is 1. The highest BCUT2D eigenvalue weighted by Crippen LogP contribution is 2.43.